The molecule has 102 valence electrons. The van der Waals surface area contributed by atoms with Gasteiger partial charge in [-0.2, -0.15) is 0 Å². The average Bonchev–Trinajstić information content (AvgIpc) is 2.25. The number of hydrogen-bond acceptors (Lipinski definition) is 2. The predicted octanol–water partition coefficient (Wildman–Crippen LogP) is 2.83. The molecule has 5 fully saturated rings. The summed E-state index contributed by atoms with van der Waals surface area (Å²) in [6.07, 6.45) is 8.09. The molecule has 1 unspecified atom stereocenters. The summed E-state index contributed by atoms with van der Waals surface area (Å²) in [6, 6.07) is 0. The lowest BCUT2D eigenvalue weighted by Gasteiger charge is -2.57. The van der Waals surface area contributed by atoms with E-state index in [1.807, 2.05) is 0 Å². The van der Waals surface area contributed by atoms with Crippen molar-refractivity contribution in [1.29, 1.82) is 0 Å². The molecule has 0 amide bonds. The molecule has 1 atom stereocenters. The third kappa shape index (κ3) is 1.84. The summed E-state index contributed by atoms with van der Waals surface area (Å²) in [4.78, 5) is 0. The van der Waals surface area contributed by atoms with Gasteiger partial charge in [-0.1, -0.05) is 0 Å². The molecule has 1 N–H and O–H groups in total. The molecule has 0 radical (unpaired) electrons. The monoisotopic (exact) mass is 249 g/mol. The van der Waals surface area contributed by atoms with Crippen molar-refractivity contribution in [2.24, 2.45) is 29.6 Å². The van der Waals surface area contributed by atoms with Gasteiger partial charge in [0.05, 0.1) is 11.7 Å². The van der Waals surface area contributed by atoms with Gasteiger partial charge in [0.2, 0.25) is 0 Å². The summed E-state index contributed by atoms with van der Waals surface area (Å²) >= 11 is 0. The molecule has 4 bridgehead atoms. The molecule has 0 spiro atoms. The lowest BCUT2D eigenvalue weighted by Crippen LogP contribution is -2.58. The first-order chi connectivity index (χ1) is 8.61. The Morgan fingerprint density at radius 1 is 0.944 bits per heavy atom. The highest BCUT2D eigenvalue weighted by atomic mass is 16.5. The van der Waals surface area contributed by atoms with Gasteiger partial charge in [-0.3, -0.25) is 0 Å². The van der Waals surface area contributed by atoms with E-state index in [9.17, 15) is 0 Å². The van der Waals surface area contributed by atoms with Crippen molar-refractivity contribution in [3.8, 4) is 0 Å². The molecule has 2 heteroatoms. The standard InChI is InChI=1S/C16H27NO/c1-16(2)9-17-8-14(18-16)15-12-4-10-3-11(6-12)7-13(15)5-10/h10-15,17H,3-9H2,1-2H3. The first-order valence-corrected chi connectivity index (χ1v) is 7.99. The van der Waals surface area contributed by atoms with E-state index in [-0.39, 0.29) is 5.60 Å². The molecule has 18 heavy (non-hydrogen) atoms. The summed E-state index contributed by atoms with van der Waals surface area (Å²) in [5.41, 5.74) is 0.0393. The SMILES string of the molecule is CC1(C)CNCC(C2C3CC4CC(C3)CC2C4)O1. The molecule has 1 aliphatic heterocycles. The van der Waals surface area contributed by atoms with E-state index in [2.05, 4.69) is 19.2 Å². The van der Waals surface area contributed by atoms with Crippen molar-refractivity contribution in [2.75, 3.05) is 13.1 Å². The molecule has 5 aliphatic rings. The fraction of sp³-hybridized carbons (Fsp3) is 1.00. The Balaban J connectivity index is 1.54. The van der Waals surface area contributed by atoms with Crippen molar-refractivity contribution in [3.05, 3.63) is 0 Å². The minimum absolute atomic E-state index is 0.0393. The molecule has 0 aromatic rings. The lowest BCUT2D eigenvalue weighted by atomic mass is 9.51. The Morgan fingerprint density at radius 2 is 1.56 bits per heavy atom. The van der Waals surface area contributed by atoms with E-state index < -0.39 is 0 Å². The van der Waals surface area contributed by atoms with Gasteiger partial charge in [0.1, 0.15) is 0 Å². The molecule has 0 aromatic heterocycles. The summed E-state index contributed by atoms with van der Waals surface area (Å²) in [5, 5.41) is 3.61. The number of ether oxygens (including phenoxy) is 1. The first kappa shape index (κ1) is 11.7. The molecular weight excluding hydrogens is 222 g/mol. The van der Waals surface area contributed by atoms with E-state index in [0.717, 1.165) is 42.7 Å². The Labute approximate surface area is 111 Å². The zero-order valence-electron chi connectivity index (χ0n) is 11.8. The van der Waals surface area contributed by atoms with Crippen molar-refractivity contribution in [2.45, 2.75) is 57.7 Å². The molecule has 4 aliphatic carbocycles. The van der Waals surface area contributed by atoms with Crippen LogP contribution in [0.4, 0.5) is 0 Å². The highest BCUT2D eigenvalue weighted by Gasteiger charge is 2.51. The van der Waals surface area contributed by atoms with Gasteiger partial charge in [0, 0.05) is 13.1 Å². The molecule has 5 rings (SSSR count). The maximum Gasteiger partial charge on any atom is 0.0754 e. The van der Waals surface area contributed by atoms with Crippen LogP contribution in [0.1, 0.15) is 46.0 Å². The van der Waals surface area contributed by atoms with E-state index in [1.165, 1.54) is 25.7 Å². The van der Waals surface area contributed by atoms with Crippen LogP contribution in [-0.4, -0.2) is 24.8 Å². The van der Waals surface area contributed by atoms with E-state index in [4.69, 9.17) is 4.74 Å². The minimum Gasteiger partial charge on any atom is -0.369 e. The van der Waals surface area contributed by atoms with Gasteiger partial charge in [0.25, 0.3) is 0 Å². The highest BCUT2D eigenvalue weighted by molar-refractivity contribution is 5.02. The highest BCUT2D eigenvalue weighted by Crippen LogP contribution is 2.58. The Hall–Kier alpha value is -0.0800. The fourth-order valence-electron chi connectivity index (χ4n) is 5.80. The van der Waals surface area contributed by atoms with Crippen molar-refractivity contribution < 1.29 is 4.74 Å². The van der Waals surface area contributed by atoms with Crippen LogP contribution in [0, 0.1) is 29.6 Å². The third-order valence-corrected chi connectivity index (χ3v) is 6.10. The van der Waals surface area contributed by atoms with Gasteiger partial charge in [-0.25, -0.2) is 0 Å². The second-order valence-electron chi connectivity index (χ2n) is 8.05. The molecule has 4 saturated carbocycles. The van der Waals surface area contributed by atoms with Crippen molar-refractivity contribution in [3.63, 3.8) is 0 Å². The van der Waals surface area contributed by atoms with Crippen LogP contribution < -0.4 is 5.32 Å². The first-order valence-electron chi connectivity index (χ1n) is 7.99. The van der Waals surface area contributed by atoms with E-state index in [0.29, 0.717) is 6.10 Å². The van der Waals surface area contributed by atoms with Crippen LogP contribution in [0.2, 0.25) is 0 Å². The smallest absolute Gasteiger partial charge is 0.0754 e. The average molecular weight is 249 g/mol. The summed E-state index contributed by atoms with van der Waals surface area (Å²) in [6.45, 7) is 6.58. The van der Waals surface area contributed by atoms with Gasteiger partial charge in [-0.05, 0) is 75.5 Å². The van der Waals surface area contributed by atoms with Gasteiger partial charge in [0.15, 0.2) is 0 Å². The van der Waals surface area contributed by atoms with Crippen LogP contribution in [0.5, 0.6) is 0 Å². The van der Waals surface area contributed by atoms with Crippen LogP contribution in [-0.2, 0) is 4.74 Å². The van der Waals surface area contributed by atoms with Gasteiger partial charge < -0.3 is 10.1 Å². The second-order valence-corrected chi connectivity index (χ2v) is 8.05. The minimum atomic E-state index is 0.0393. The van der Waals surface area contributed by atoms with Crippen molar-refractivity contribution in [1.82, 2.24) is 5.32 Å². The van der Waals surface area contributed by atoms with E-state index >= 15 is 0 Å². The zero-order chi connectivity index (χ0) is 12.3. The largest absolute Gasteiger partial charge is 0.369 e. The maximum atomic E-state index is 6.44. The molecule has 2 nitrogen and oxygen atoms in total. The third-order valence-electron chi connectivity index (χ3n) is 6.10. The Morgan fingerprint density at radius 3 is 2.11 bits per heavy atom. The van der Waals surface area contributed by atoms with Crippen LogP contribution in [0.3, 0.4) is 0 Å². The Kier molecular flexibility index (Phi) is 2.58. The molecule has 0 aromatic carbocycles. The predicted molar refractivity (Wildman–Crippen MR) is 72.4 cm³/mol. The topological polar surface area (TPSA) is 21.3 Å². The summed E-state index contributed by atoms with van der Waals surface area (Å²) in [7, 11) is 0. The maximum absolute atomic E-state index is 6.44. The van der Waals surface area contributed by atoms with Crippen LogP contribution in [0.25, 0.3) is 0 Å². The van der Waals surface area contributed by atoms with E-state index in [1.54, 1.807) is 6.42 Å². The zero-order valence-corrected chi connectivity index (χ0v) is 11.8. The molecule has 1 heterocycles. The van der Waals surface area contributed by atoms with Gasteiger partial charge >= 0.3 is 0 Å². The number of rotatable bonds is 1. The quantitative estimate of drug-likeness (QED) is 0.771. The molecular formula is C16H27NO. The lowest BCUT2D eigenvalue weighted by molar-refractivity contribution is -0.168. The summed E-state index contributed by atoms with van der Waals surface area (Å²) in [5.74, 6) is 5.00. The van der Waals surface area contributed by atoms with Crippen LogP contribution in [0.15, 0.2) is 0 Å². The number of hydrogen-bond donors (Lipinski definition) is 1. The summed E-state index contributed by atoms with van der Waals surface area (Å²) < 4.78 is 6.44. The fourth-order valence-corrected chi connectivity index (χ4v) is 5.80. The van der Waals surface area contributed by atoms with Crippen molar-refractivity contribution >= 4 is 0 Å². The Bertz CT molecular complexity index is 310. The van der Waals surface area contributed by atoms with Gasteiger partial charge in [-0.15, -0.1) is 0 Å². The van der Waals surface area contributed by atoms with Crippen LogP contribution >= 0.6 is 0 Å². The normalized spacial score (nSPS) is 53.7. The molecule has 1 saturated heterocycles. The second kappa shape index (κ2) is 3.96. The number of morpholine rings is 1. The number of nitrogens with one attached hydrogen (secondary N) is 1.